The van der Waals surface area contributed by atoms with E-state index in [1.165, 1.54) is 37.6 Å². The Balaban J connectivity index is 1.41. The van der Waals surface area contributed by atoms with Gasteiger partial charge in [0.1, 0.15) is 17.0 Å². The maximum Gasteiger partial charge on any atom is 0.140 e. The van der Waals surface area contributed by atoms with Crippen molar-refractivity contribution in [2.24, 2.45) is 5.92 Å². The second-order valence-corrected chi connectivity index (χ2v) is 6.84. The largest absolute Gasteiger partial charge is 0.356 e. The van der Waals surface area contributed by atoms with E-state index in [1.807, 2.05) is 0 Å². The highest BCUT2D eigenvalue weighted by Gasteiger charge is 2.25. The number of hydrogen-bond acceptors (Lipinski definition) is 5. The highest BCUT2D eigenvalue weighted by molar-refractivity contribution is 7.16. The van der Waals surface area contributed by atoms with Crippen LogP contribution in [-0.2, 0) is 0 Å². The first-order chi connectivity index (χ1) is 9.90. The minimum absolute atomic E-state index is 0.834. The lowest BCUT2D eigenvalue weighted by atomic mass is 9.96. The monoisotopic (exact) mass is 288 g/mol. The fourth-order valence-corrected chi connectivity index (χ4v) is 3.73. The molecule has 2 aromatic rings. The molecule has 4 nitrogen and oxygen atoms in total. The molecule has 0 aromatic carbocycles. The SMILES string of the molecule is c1nc(N2CCC(CNC3CC3)CC2)c2ccsc2n1. The second-order valence-electron chi connectivity index (χ2n) is 5.95. The average molecular weight is 288 g/mol. The number of hydrogen-bond donors (Lipinski definition) is 1. The number of piperidine rings is 1. The third kappa shape index (κ3) is 2.52. The molecule has 0 spiro atoms. The molecule has 0 atom stereocenters. The van der Waals surface area contributed by atoms with E-state index in [0.717, 1.165) is 35.7 Å². The van der Waals surface area contributed by atoms with Gasteiger partial charge in [0.05, 0.1) is 5.39 Å². The van der Waals surface area contributed by atoms with Crippen molar-refractivity contribution in [1.29, 1.82) is 0 Å². The molecule has 1 saturated heterocycles. The van der Waals surface area contributed by atoms with Gasteiger partial charge >= 0.3 is 0 Å². The fourth-order valence-electron chi connectivity index (χ4n) is 3.00. The Morgan fingerprint density at radius 2 is 2.05 bits per heavy atom. The lowest BCUT2D eigenvalue weighted by molar-refractivity contribution is 0.381. The Morgan fingerprint density at radius 3 is 2.85 bits per heavy atom. The molecule has 106 valence electrons. The molecule has 4 rings (SSSR count). The van der Waals surface area contributed by atoms with Crippen LogP contribution in [0, 0.1) is 5.92 Å². The first kappa shape index (κ1) is 12.5. The molecule has 0 amide bonds. The predicted octanol–water partition coefficient (Wildman–Crippen LogP) is 2.66. The van der Waals surface area contributed by atoms with Crippen molar-refractivity contribution >= 4 is 27.4 Å². The Morgan fingerprint density at radius 1 is 1.20 bits per heavy atom. The average Bonchev–Trinajstić information content (AvgIpc) is 3.20. The van der Waals surface area contributed by atoms with E-state index in [4.69, 9.17) is 0 Å². The summed E-state index contributed by atoms with van der Waals surface area (Å²) in [6.07, 6.45) is 7.02. The van der Waals surface area contributed by atoms with Crippen molar-refractivity contribution in [2.45, 2.75) is 31.7 Å². The Bertz CT molecular complexity index is 584. The molecular formula is C15H20N4S. The second kappa shape index (κ2) is 5.30. The number of thiophene rings is 1. The van der Waals surface area contributed by atoms with Gasteiger partial charge in [-0.15, -0.1) is 11.3 Å². The van der Waals surface area contributed by atoms with Gasteiger partial charge in [-0.05, 0) is 49.6 Å². The highest BCUT2D eigenvalue weighted by Crippen LogP contribution is 2.30. The normalized spacial score (nSPS) is 20.7. The lowest BCUT2D eigenvalue weighted by Gasteiger charge is -2.33. The molecule has 1 aliphatic heterocycles. The van der Waals surface area contributed by atoms with E-state index in [1.54, 1.807) is 17.7 Å². The van der Waals surface area contributed by atoms with Crippen LogP contribution in [0.3, 0.4) is 0 Å². The summed E-state index contributed by atoms with van der Waals surface area (Å²) in [6.45, 7) is 3.45. The number of nitrogens with one attached hydrogen (secondary N) is 1. The third-order valence-electron chi connectivity index (χ3n) is 4.43. The molecule has 0 unspecified atom stereocenters. The van der Waals surface area contributed by atoms with E-state index in [9.17, 15) is 0 Å². The van der Waals surface area contributed by atoms with Crippen LogP contribution in [0.5, 0.6) is 0 Å². The van der Waals surface area contributed by atoms with Gasteiger partial charge in [-0.25, -0.2) is 9.97 Å². The van der Waals surface area contributed by atoms with Crippen molar-refractivity contribution in [2.75, 3.05) is 24.5 Å². The minimum atomic E-state index is 0.834. The molecule has 2 aromatic heterocycles. The summed E-state index contributed by atoms with van der Waals surface area (Å²) in [6, 6.07) is 2.98. The van der Waals surface area contributed by atoms with Crippen LogP contribution in [-0.4, -0.2) is 35.6 Å². The fraction of sp³-hybridized carbons (Fsp3) is 0.600. The molecular weight excluding hydrogens is 268 g/mol. The quantitative estimate of drug-likeness (QED) is 0.939. The summed E-state index contributed by atoms with van der Waals surface area (Å²) in [5, 5.41) is 6.99. The molecule has 3 heterocycles. The van der Waals surface area contributed by atoms with Gasteiger partial charge in [0.15, 0.2) is 0 Å². The Kier molecular flexibility index (Phi) is 3.32. The minimum Gasteiger partial charge on any atom is -0.356 e. The molecule has 1 N–H and O–H groups in total. The van der Waals surface area contributed by atoms with Crippen LogP contribution >= 0.6 is 11.3 Å². The van der Waals surface area contributed by atoms with E-state index in [0.29, 0.717) is 0 Å². The topological polar surface area (TPSA) is 41.1 Å². The molecule has 0 bridgehead atoms. The van der Waals surface area contributed by atoms with Crippen LogP contribution in [0.4, 0.5) is 5.82 Å². The standard InChI is InChI=1S/C15H20N4S/c1-2-12(1)16-9-11-3-6-19(7-4-11)14-13-5-8-20-15(13)18-10-17-14/h5,8,10-12,16H,1-4,6-7,9H2. The zero-order valence-electron chi connectivity index (χ0n) is 11.6. The van der Waals surface area contributed by atoms with E-state index < -0.39 is 0 Å². The predicted molar refractivity (Wildman–Crippen MR) is 83.4 cm³/mol. The van der Waals surface area contributed by atoms with Crippen LogP contribution in [0.2, 0.25) is 0 Å². The molecule has 1 aliphatic carbocycles. The van der Waals surface area contributed by atoms with Gasteiger partial charge in [-0.1, -0.05) is 0 Å². The number of rotatable bonds is 4. The molecule has 1 saturated carbocycles. The van der Waals surface area contributed by atoms with E-state index in [2.05, 4.69) is 31.6 Å². The molecule has 2 fully saturated rings. The Hall–Kier alpha value is -1.20. The van der Waals surface area contributed by atoms with Gasteiger partial charge in [0, 0.05) is 19.1 Å². The zero-order chi connectivity index (χ0) is 13.4. The summed E-state index contributed by atoms with van der Waals surface area (Å²) in [4.78, 5) is 12.4. The molecule has 20 heavy (non-hydrogen) atoms. The van der Waals surface area contributed by atoms with E-state index in [-0.39, 0.29) is 0 Å². The van der Waals surface area contributed by atoms with Crippen molar-refractivity contribution < 1.29 is 0 Å². The Labute approximate surface area is 123 Å². The first-order valence-electron chi connectivity index (χ1n) is 7.56. The highest BCUT2D eigenvalue weighted by atomic mass is 32.1. The molecule has 0 radical (unpaired) electrons. The van der Waals surface area contributed by atoms with Gasteiger partial charge in [-0.2, -0.15) is 0 Å². The number of fused-ring (bicyclic) bond motifs is 1. The maximum atomic E-state index is 4.52. The van der Waals surface area contributed by atoms with Crippen molar-refractivity contribution in [3.63, 3.8) is 0 Å². The number of aromatic nitrogens is 2. The van der Waals surface area contributed by atoms with Gasteiger partial charge in [0.2, 0.25) is 0 Å². The van der Waals surface area contributed by atoms with Crippen molar-refractivity contribution in [1.82, 2.24) is 15.3 Å². The number of nitrogens with zero attached hydrogens (tertiary/aromatic N) is 3. The first-order valence-corrected chi connectivity index (χ1v) is 8.44. The maximum absolute atomic E-state index is 4.52. The van der Waals surface area contributed by atoms with Gasteiger partial charge in [0.25, 0.3) is 0 Å². The molecule has 5 heteroatoms. The number of anilines is 1. The summed E-state index contributed by atoms with van der Waals surface area (Å²) >= 11 is 1.70. The van der Waals surface area contributed by atoms with Crippen molar-refractivity contribution in [3.05, 3.63) is 17.8 Å². The summed E-state index contributed by atoms with van der Waals surface area (Å²) in [5.74, 6) is 1.97. The van der Waals surface area contributed by atoms with Gasteiger partial charge in [-0.3, -0.25) is 0 Å². The van der Waals surface area contributed by atoms with Crippen LogP contribution in [0.15, 0.2) is 17.8 Å². The lowest BCUT2D eigenvalue weighted by Crippen LogP contribution is -2.38. The van der Waals surface area contributed by atoms with Crippen LogP contribution in [0.1, 0.15) is 25.7 Å². The summed E-state index contributed by atoms with van der Waals surface area (Å²) in [7, 11) is 0. The molecule has 2 aliphatic rings. The third-order valence-corrected chi connectivity index (χ3v) is 5.25. The smallest absolute Gasteiger partial charge is 0.140 e. The summed E-state index contributed by atoms with van der Waals surface area (Å²) in [5.41, 5.74) is 0. The zero-order valence-corrected chi connectivity index (χ0v) is 12.4. The van der Waals surface area contributed by atoms with E-state index >= 15 is 0 Å². The van der Waals surface area contributed by atoms with Crippen LogP contribution in [0.25, 0.3) is 10.2 Å². The van der Waals surface area contributed by atoms with Crippen LogP contribution < -0.4 is 10.2 Å². The van der Waals surface area contributed by atoms with Gasteiger partial charge < -0.3 is 10.2 Å². The summed E-state index contributed by atoms with van der Waals surface area (Å²) < 4.78 is 0. The van der Waals surface area contributed by atoms with Crippen molar-refractivity contribution in [3.8, 4) is 0 Å².